The van der Waals surface area contributed by atoms with Crippen molar-refractivity contribution >= 4 is 11.7 Å². The van der Waals surface area contributed by atoms with Crippen LogP contribution in [0.25, 0.3) is 5.78 Å². The van der Waals surface area contributed by atoms with Crippen molar-refractivity contribution in [2.24, 2.45) is 0 Å². The van der Waals surface area contributed by atoms with Crippen molar-refractivity contribution in [3.8, 4) is 0 Å². The number of nitrogens with zero attached hydrogens (tertiary/aromatic N) is 5. The molecule has 1 N–H and O–H groups in total. The van der Waals surface area contributed by atoms with Crippen LogP contribution in [-0.2, 0) is 11.2 Å². The van der Waals surface area contributed by atoms with E-state index in [4.69, 9.17) is 0 Å². The predicted molar refractivity (Wildman–Crippen MR) is 87.2 cm³/mol. The van der Waals surface area contributed by atoms with Crippen molar-refractivity contribution in [2.45, 2.75) is 52.6 Å². The Morgan fingerprint density at radius 1 is 1.39 bits per heavy atom. The van der Waals surface area contributed by atoms with Gasteiger partial charge in [-0.25, -0.2) is 9.50 Å². The number of piperazine rings is 1. The molecule has 2 aromatic heterocycles. The summed E-state index contributed by atoms with van der Waals surface area (Å²) in [5.74, 6) is 0.822. The highest BCUT2D eigenvalue weighted by Crippen LogP contribution is 2.17. The average Bonchev–Trinajstić information content (AvgIpc) is 2.98. The summed E-state index contributed by atoms with van der Waals surface area (Å²) in [4.78, 5) is 23.2. The van der Waals surface area contributed by atoms with Gasteiger partial charge in [0.2, 0.25) is 5.91 Å². The molecule has 1 aliphatic heterocycles. The molecule has 0 bridgehead atoms. The first-order valence-electron chi connectivity index (χ1n) is 8.17. The Morgan fingerprint density at radius 3 is 2.96 bits per heavy atom. The SMILES string of the molecule is Cc1nc2ncnn2c(C)c1CCC(=O)N1CCNC(C)C1C. The summed E-state index contributed by atoms with van der Waals surface area (Å²) in [7, 11) is 0. The maximum atomic E-state index is 12.6. The smallest absolute Gasteiger partial charge is 0.252 e. The first-order chi connectivity index (χ1) is 11.0. The molecule has 0 aliphatic carbocycles. The van der Waals surface area contributed by atoms with Gasteiger partial charge in [0.1, 0.15) is 6.33 Å². The number of nitrogens with one attached hydrogen (secondary N) is 1. The third-order valence-corrected chi connectivity index (χ3v) is 4.93. The van der Waals surface area contributed by atoms with Crippen molar-refractivity contribution < 1.29 is 4.79 Å². The molecule has 1 amide bonds. The lowest BCUT2D eigenvalue weighted by molar-refractivity contribution is -0.134. The average molecular weight is 316 g/mol. The molecular weight excluding hydrogens is 292 g/mol. The second-order valence-corrected chi connectivity index (χ2v) is 6.30. The molecule has 124 valence electrons. The number of hydrogen-bond acceptors (Lipinski definition) is 5. The number of fused-ring (bicyclic) bond motifs is 1. The Balaban J connectivity index is 1.74. The molecule has 1 fully saturated rings. The molecule has 2 aromatic rings. The Hall–Kier alpha value is -2.02. The van der Waals surface area contributed by atoms with Crippen molar-refractivity contribution in [3.63, 3.8) is 0 Å². The minimum Gasteiger partial charge on any atom is -0.337 e. The quantitative estimate of drug-likeness (QED) is 0.910. The highest BCUT2D eigenvalue weighted by molar-refractivity contribution is 5.77. The number of rotatable bonds is 3. The van der Waals surface area contributed by atoms with E-state index < -0.39 is 0 Å². The molecule has 3 heterocycles. The molecule has 1 aliphatic rings. The van der Waals surface area contributed by atoms with Crippen molar-refractivity contribution in [3.05, 3.63) is 23.3 Å². The zero-order valence-corrected chi connectivity index (χ0v) is 14.2. The van der Waals surface area contributed by atoms with Gasteiger partial charge in [-0.1, -0.05) is 0 Å². The Kier molecular flexibility index (Phi) is 4.30. The minimum atomic E-state index is 0.211. The number of amides is 1. The molecule has 0 spiro atoms. The first-order valence-corrected chi connectivity index (χ1v) is 8.17. The molecule has 7 heteroatoms. The Morgan fingerprint density at radius 2 is 2.17 bits per heavy atom. The molecule has 2 unspecified atom stereocenters. The zero-order chi connectivity index (χ0) is 16.6. The standard InChI is InChI=1S/C16H24N6O/c1-10-12(3)21(8-7-17-10)15(23)6-5-14-11(2)20-16-18-9-19-22(16)13(14)4/h9-10,12,17H,5-8H2,1-4H3. The van der Waals surface area contributed by atoms with Crippen LogP contribution in [-0.4, -0.2) is 55.6 Å². The lowest BCUT2D eigenvalue weighted by Crippen LogP contribution is -2.57. The van der Waals surface area contributed by atoms with Crippen LogP contribution in [0.4, 0.5) is 0 Å². The number of aromatic nitrogens is 4. The fourth-order valence-corrected chi connectivity index (χ4v) is 3.30. The summed E-state index contributed by atoms with van der Waals surface area (Å²) in [5.41, 5.74) is 3.03. The monoisotopic (exact) mass is 316 g/mol. The third-order valence-electron chi connectivity index (χ3n) is 4.93. The summed E-state index contributed by atoms with van der Waals surface area (Å²) in [6.45, 7) is 9.85. The Bertz CT molecular complexity index is 725. The molecular formula is C16H24N6O. The lowest BCUT2D eigenvalue weighted by Gasteiger charge is -2.38. The minimum absolute atomic E-state index is 0.211. The number of hydrogen-bond donors (Lipinski definition) is 1. The number of carbonyl (C=O) groups is 1. The van der Waals surface area contributed by atoms with Crippen LogP contribution in [0, 0.1) is 13.8 Å². The van der Waals surface area contributed by atoms with Crippen LogP contribution in [0.1, 0.15) is 37.2 Å². The lowest BCUT2D eigenvalue weighted by atomic mass is 10.0. The van der Waals surface area contributed by atoms with E-state index in [0.29, 0.717) is 24.7 Å². The van der Waals surface area contributed by atoms with Gasteiger partial charge in [0, 0.05) is 43.0 Å². The van der Waals surface area contributed by atoms with E-state index >= 15 is 0 Å². The van der Waals surface area contributed by atoms with Gasteiger partial charge in [0.05, 0.1) is 0 Å². The normalized spacial score (nSPS) is 21.8. The molecule has 2 atom stereocenters. The highest BCUT2D eigenvalue weighted by atomic mass is 16.2. The molecule has 0 radical (unpaired) electrons. The Labute approximate surface area is 136 Å². The maximum absolute atomic E-state index is 12.6. The van der Waals surface area contributed by atoms with E-state index in [2.05, 4.69) is 34.2 Å². The summed E-state index contributed by atoms with van der Waals surface area (Å²) >= 11 is 0. The van der Waals surface area contributed by atoms with E-state index in [1.165, 1.54) is 6.33 Å². The molecule has 3 rings (SSSR count). The third kappa shape index (κ3) is 2.93. The van der Waals surface area contributed by atoms with E-state index in [-0.39, 0.29) is 11.9 Å². The fourth-order valence-electron chi connectivity index (χ4n) is 3.30. The highest BCUT2D eigenvalue weighted by Gasteiger charge is 2.27. The number of carbonyl (C=O) groups excluding carboxylic acids is 1. The van der Waals surface area contributed by atoms with Crippen molar-refractivity contribution in [1.82, 2.24) is 29.8 Å². The molecule has 1 saturated heterocycles. The van der Waals surface area contributed by atoms with Gasteiger partial charge in [-0.05, 0) is 39.7 Å². The summed E-state index contributed by atoms with van der Waals surface area (Å²) in [6.07, 6.45) is 2.69. The van der Waals surface area contributed by atoms with Crippen LogP contribution in [0.15, 0.2) is 6.33 Å². The van der Waals surface area contributed by atoms with Gasteiger partial charge in [-0.15, -0.1) is 0 Å². The van der Waals surface area contributed by atoms with Gasteiger partial charge < -0.3 is 10.2 Å². The maximum Gasteiger partial charge on any atom is 0.252 e. The van der Waals surface area contributed by atoms with Gasteiger partial charge >= 0.3 is 0 Å². The van der Waals surface area contributed by atoms with Crippen LogP contribution in [0.3, 0.4) is 0 Å². The molecule has 0 saturated carbocycles. The topological polar surface area (TPSA) is 75.4 Å². The van der Waals surface area contributed by atoms with Crippen LogP contribution >= 0.6 is 0 Å². The van der Waals surface area contributed by atoms with Gasteiger partial charge in [-0.3, -0.25) is 4.79 Å². The van der Waals surface area contributed by atoms with Crippen molar-refractivity contribution in [1.29, 1.82) is 0 Å². The van der Waals surface area contributed by atoms with Gasteiger partial charge in [0.25, 0.3) is 5.78 Å². The van der Waals surface area contributed by atoms with Crippen LogP contribution < -0.4 is 5.32 Å². The van der Waals surface area contributed by atoms with Crippen molar-refractivity contribution in [2.75, 3.05) is 13.1 Å². The molecule has 7 nitrogen and oxygen atoms in total. The van der Waals surface area contributed by atoms with Gasteiger partial charge in [-0.2, -0.15) is 10.1 Å². The first kappa shape index (κ1) is 15.9. The number of aryl methyl sites for hydroxylation is 2. The van der Waals surface area contributed by atoms with Crippen LogP contribution in [0.2, 0.25) is 0 Å². The van der Waals surface area contributed by atoms with E-state index in [9.17, 15) is 4.79 Å². The zero-order valence-electron chi connectivity index (χ0n) is 14.2. The van der Waals surface area contributed by atoms with E-state index in [0.717, 1.165) is 30.0 Å². The second kappa shape index (κ2) is 6.23. The molecule has 0 aromatic carbocycles. The largest absolute Gasteiger partial charge is 0.337 e. The van der Waals surface area contributed by atoms with E-state index in [1.807, 2.05) is 18.7 Å². The van der Waals surface area contributed by atoms with E-state index in [1.54, 1.807) is 4.52 Å². The van der Waals surface area contributed by atoms with Crippen LogP contribution in [0.5, 0.6) is 0 Å². The van der Waals surface area contributed by atoms with Gasteiger partial charge in [0.15, 0.2) is 0 Å². The summed E-state index contributed by atoms with van der Waals surface area (Å²) < 4.78 is 1.74. The molecule has 23 heavy (non-hydrogen) atoms. The predicted octanol–water partition coefficient (Wildman–Crippen LogP) is 0.883. The summed E-state index contributed by atoms with van der Waals surface area (Å²) in [5, 5.41) is 7.60. The second-order valence-electron chi connectivity index (χ2n) is 6.30. The summed E-state index contributed by atoms with van der Waals surface area (Å²) in [6, 6.07) is 0.568. The fraction of sp³-hybridized carbons (Fsp3) is 0.625.